The molecule has 0 unspecified atom stereocenters. The van der Waals surface area contributed by atoms with Crippen molar-refractivity contribution in [3.63, 3.8) is 0 Å². The maximum absolute atomic E-state index is 11.8. The summed E-state index contributed by atoms with van der Waals surface area (Å²) in [6, 6.07) is 15.8. The normalized spacial score (nSPS) is 11.5. The number of carbonyl (C=O) groups excluding carboxylic acids is 1. The number of aromatic nitrogens is 1. The fourth-order valence-electron chi connectivity index (χ4n) is 2.02. The molecule has 0 radical (unpaired) electrons. The van der Waals surface area contributed by atoms with Gasteiger partial charge in [0.2, 0.25) is 0 Å². The van der Waals surface area contributed by atoms with Crippen molar-refractivity contribution < 1.29 is 9.53 Å². The molecule has 1 N–H and O–H groups in total. The highest BCUT2D eigenvalue weighted by Gasteiger charge is 2.16. The summed E-state index contributed by atoms with van der Waals surface area (Å²) < 4.78 is 7.42. The van der Waals surface area contributed by atoms with E-state index in [-0.39, 0.29) is 0 Å². The van der Waals surface area contributed by atoms with Crippen LogP contribution in [-0.2, 0) is 4.74 Å². The van der Waals surface area contributed by atoms with Gasteiger partial charge >= 0.3 is 6.09 Å². The molecule has 1 heterocycles. The maximum Gasteiger partial charge on any atom is 0.412 e. The van der Waals surface area contributed by atoms with Crippen LogP contribution in [0.4, 0.5) is 10.5 Å². The van der Waals surface area contributed by atoms with Crippen LogP contribution in [0.3, 0.4) is 0 Å². The minimum Gasteiger partial charge on any atom is -0.444 e. The lowest BCUT2D eigenvalue weighted by Crippen LogP contribution is -2.27. The number of anilines is 1. The Labute approximate surface area is 149 Å². The van der Waals surface area contributed by atoms with Crippen molar-refractivity contribution in [3.05, 3.63) is 48.5 Å². The van der Waals surface area contributed by atoms with E-state index < -0.39 is 11.7 Å². The van der Waals surface area contributed by atoms with Gasteiger partial charge in [-0.05, 0) is 57.2 Å². The van der Waals surface area contributed by atoms with E-state index in [1.54, 1.807) is 23.1 Å². The van der Waals surface area contributed by atoms with Gasteiger partial charge in [-0.1, -0.05) is 23.9 Å². The summed E-state index contributed by atoms with van der Waals surface area (Å²) in [4.78, 5) is 17.4. The lowest BCUT2D eigenvalue weighted by atomic mass is 10.2. The summed E-state index contributed by atoms with van der Waals surface area (Å²) in [5.41, 5.74) is 1.22. The number of amides is 1. The van der Waals surface area contributed by atoms with Crippen molar-refractivity contribution in [2.45, 2.75) is 35.6 Å². The number of para-hydroxylation sites is 1. The van der Waals surface area contributed by atoms with E-state index in [1.807, 2.05) is 63.2 Å². The molecule has 1 amide bonds. The Balaban J connectivity index is 1.65. The highest BCUT2D eigenvalue weighted by molar-refractivity contribution is 8.01. The summed E-state index contributed by atoms with van der Waals surface area (Å²) in [5.74, 6) is 0. The van der Waals surface area contributed by atoms with E-state index in [0.29, 0.717) is 5.69 Å². The van der Waals surface area contributed by atoms with E-state index in [0.717, 1.165) is 14.8 Å². The third-order valence-corrected chi connectivity index (χ3v) is 5.08. The number of rotatable bonds is 3. The Morgan fingerprint density at radius 1 is 1.12 bits per heavy atom. The number of benzene rings is 2. The number of ether oxygens (including phenoxy) is 1. The first-order chi connectivity index (χ1) is 11.4. The molecule has 0 aliphatic rings. The van der Waals surface area contributed by atoms with Crippen molar-refractivity contribution in [1.29, 1.82) is 0 Å². The molecule has 0 spiro atoms. The molecule has 124 valence electrons. The zero-order valence-corrected chi connectivity index (χ0v) is 15.3. The number of nitrogens with one attached hydrogen (secondary N) is 1. The quantitative estimate of drug-likeness (QED) is 0.643. The van der Waals surface area contributed by atoms with Crippen LogP contribution < -0.4 is 5.32 Å². The van der Waals surface area contributed by atoms with Crippen LogP contribution in [0, 0.1) is 0 Å². The minimum atomic E-state index is -0.507. The first-order valence-electron chi connectivity index (χ1n) is 7.52. The molecule has 6 heteroatoms. The van der Waals surface area contributed by atoms with E-state index in [9.17, 15) is 4.79 Å². The molecule has 0 aliphatic carbocycles. The van der Waals surface area contributed by atoms with E-state index in [2.05, 4.69) is 16.4 Å². The number of nitrogens with zero attached hydrogens (tertiary/aromatic N) is 1. The fourth-order valence-corrected chi connectivity index (χ4v) is 4.06. The second-order valence-electron chi connectivity index (χ2n) is 6.20. The molecule has 0 saturated heterocycles. The summed E-state index contributed by atoms with van der Waals surface area (Å²) in [6.45, 7) is 5.51. The fraction of sp³-hybridized carbons (Fsp3) is 0.222. The second-order valence-corrected chi connectivity index (χ2v) is 8.55. The monoisotopic (exact) mass is 358 g/mol. The summed E-state index contributed by atoms with van der Waals surface area (Å²) in [7, 11) is 0. The molecule has 0 bridgehead atoms. The van der Waals surface area contributed by atoms with Gasteiger partial charge in [0.15, 0.2) is 4.34 Å². The standard InChI is InChI=1S/C18H18N2O2S2/c1-18(2,3)22-16(21)19-12-8-10-13(11-9-12)23-17-20-14-6-4-5-7-15(14)24-17/h4-11H,1-3H3,(H,19,21). The van der Waals surface area contributed by atoms with Crippen molar-refractivity contribution in [3.8, 4) is 0 Å². The lowest BCUT2D eigenvalue weighted by Gasteiger charge is -2.19. The predicted octanol–water partition coefficient (Wildman–Crippen LogP) is 5.79. The molecule has 3 aromatic rings. The Morgan fingerprint density at radius 3 is 2.50 bits per heavy atom. The topological polar surface area (TPSA) is 51.2 Å². The molecule has 0 aliphatic heterocycles. The van der Waals surface area contributed by atoms with Gasteiger partial charge in [-0.15, -0.1) is 11.3 Å². The Bertz CT molecular complexity index is 818. The average molecular weight is 358 g/mol. The number of thiazole rings is 1. The van der Waals surface area contributed by atoms with Gasteiger partial charge in [0, 0.05) is 10.6 Å². The van der Waals surface area contributed by atoms with Gasteiger partial charge in [0.25, 0.3) is 0 Å². The molecule has 2 aromatic carbocycles. The van der Waals surface area contributed by atoms with Crippen LogP contribution in [-0.4, -0.2) is 16.7 Å². The summed E-state index contributed by atoms with van der Waals surface area (Å²) in [6.07, 6.45) is -0.450. The van der Waals surface area contributed by atoms with E-state index in [1.165, 1.54) is 4.70 Å². The molecule has 1 aromatic heterocycles. The van der Waals surface area contributed by atoms with Gasteiger partial charge in [-0.25, -0.2) is 9.78 Å². The molecule has 24 heavy (non-hydrogen) atoms. The molecular formula is C18H18N2O2S2. The third kappa shape index (κ3) is 4.49. The molecule has 3 rings (SSSR count). The number of hydrogen-bond acceptors (Lipinski definition) is 5. The Kier molecular flexibility index (Phi) is 4.78. The lowest BCUT2D eigenvalue weighted by molar-refractivity contribution is 0.0636. The van der Waals surface area contributed by atoms with Crippen molar-refractivity contribution in [2.24, 2.45) is 0 Å². The van der Waals surface area contributed by atoms with Crippen LogP contribution in [0.2, 0.25) is 0 Å². The van der Waals surface area contributed by atoms with Crippen LogP contribution in [0.1, 0.15) is 20.8 Å². The SMILES string of the molecule is CC(C)(C)OC(=O)Nc1ccc(Sc2nc3ccccc3s2)cc1. The molecular weight excluding hydrogens is 340 g/mol. The van der Waals surface area contributed by atoms with Gasteiger partial charge in [0.1, 0.15) is 5.60 Å². The van der Waals surface area contributed by atoms with Gasteiger partial charge < -0.3 is 4.74 Å². The van der Waals surface area contributed by atoms with Gasteiger partial charge in [-0.2, -0.15) is 0 Å². The van der Waals surface area contributed by atoms with Crippen LogP contribution in [0.15, 0.2) is 57.8 Å². The zero-order valence-electron chi connectivity index (χ0n) is 13.7. The summed E-state index contributed by atoms with van der Waals surface area (Å²) >= 11 is 3.29. The van der Waals surface area contributed by atoms with Gasteiger partial charge in [0.05, 0.1) is 10.2 Å². The smallest absolute Gasteiger partial charge is 0.412 e. The molecule has 0 atom stereocenters. The Hall–Kier alpha value is -2.05. The van der Waals surface area contributed by atoms with E-state index >= 15 is 0 Å². The number of carbonyl (C=O) groups is 1. The largest absolute Gasteiger partial charge is 0.444 e. The third-order valence-electron chi connectivity index (χ3n) is 2.98. The minimum absolute atomic E-state index is 0.450. The van der Waals surface area contributed by atoms with Crippen LogP contribution in [0.25, 0.3) is 10.2 Å². The second kappa shape index (κ2) is 6.83. The highest BCUT2D eigenvalue weighted by atomic mass is 32.2. The highest BCUT2D eigenvalue weighted by Crippen LogP contribution is 2.34. The summed E-state index contributed by atoms with van der Waals surface area (Å²) in [5, 5.41) is 2.73. The Morgan fingerprint density at radius 2 is 1.83 bits per heavy atom. The van der Waals surface area contributed by atoms with Crippen molar-refractivity contribution >= 4 is 45.1 Å². The first-order valence-corrected chi connectivity index (χ1v) is 9.16. The molecule has 0 fully saturated rings. The van der Waals surface area contributed by atoms with Crippen molar-refractivity contribution in [1.82, 2.24) is 4.98 Å². The van der Waals surface area contributed by atoms with Crippen molar-refractivity contribution in [2.75, 3.05) is 5.32 Å². The number of fused-ring (bicyclic) bond motifs is 1. The molecule has 4 nitrogen and oxygen atoms in total. The van der Waals surface area contributed by atoms with Crippen LogP contribution in [0.5, 0.6) is 0 Å². The average Bonchev–Trinajstić information content (AvgIpc) is 2.89. The maximum atomic E-state index is 11.8. The molecule has 0 saturated carbocycles. The first kappa shape index (κ1) is 16.8. The van der Waals surface area contributed by atoms with Crippen LogP contribution >= 0.6 is 23.1 Å². The zero-order chi connectivity index (χ0) is 17.2. The number of hydrogen-bond donors (Lipinski definition) is 1. The van der Waals surface area contributed by atoms with Gasteiger partial charge in [-0.3, -0.25) is 5.32 Å². The van der Waals surface area contributed by atoms with E-state index in [4.69, 9.17) is 4.74 Å². The predicted molar refractivity (Wildman–Crippen MR) is 100 cm³/mol.